The van der Waals surface area contributed by atoms with Gasteiger partial charge in [-0.15, -0.1) is 0 Å². The van der Waals surface area contributed by atoms with Crippen molar-refractivity contribution in [2.45, 2.75) is 26.3 Å². The lowest BCUT2D eigenvalue weighted by molar-refractivity contribution is 0.0905. The van der Waals surface area contributed by atoms with E-state index >= 15 is 0 Å². The van der Waals surface area contributed by atoms with Crippen LogP contribution in [0, 0.1) is 0 Å². The van der Waals surface area contributed by atoms with Crippen LogP contribution in [0.3, 0.4) is 0 Å². The van der Waals surface area contributed by atoms with Crippen molar-refractivity contribution in [3.63, 3.8) is 0 Å². The van der Waals surface area contributed by atoms with Crippen molar-refractivity contribution in [3.05, 3.63) is 23.9 Å². The first-order valence-electron chi connectivity index (χ1n) is 6.17. The molecule has 1 amide bonds. The van der Waals surface area contributed by atoms with Gasteiger partial charge in [-0.3, -0.25) is 4.79 Å². The van der Waals surface area contributed by atoms with Gasteiger partial charge >= 0.3 is 0 Å². The molecule has 1 atom stereocenters. The molecule has 0 aromatic carbocycles. The molecular formula is C13H21N3O2. The Morgan fingerprint density at radius 2 is 2.33 bits per heavy atom. The van der Waals surface area contributed by atoms with E-state index in [2.05, 4.69) is 22.5 Å². The van der Waals surface area contributed by atoms with Gasteiger partial charge in [0, 0.05) is 31.5 Å². The van der Waals surface area contributed by atoms with Gasteiger partial charge in [0.25, 0.3) is 5.91 Å². The maximum atomic E-state index is 11.9. The first-order valence-corrected chi connectivity index (χ1v) is 6.17. The highest BCUT2D eigenvalue weighted by Gasteiger charge is 2.10. The summed E-state index contributed by atoms with van der Waals surface area (Å²) in [4.78, 5) is 16.1. The van der Waals surface area contributed by atoms with E-state index in [0.29, 0.717) is 12.2 Å². The highest BCUT2D eigenvalue weighted by Crippen LogP contribution is 2.07. The molecule has 0 bridgehead atoms. The van der Waals surface area contributed by atoms with E-state index in [9.17, 15) is 4.79 Å². The summed E-state index contributed by atoms with van der Waals surface area (Å²) in [6.07, 6.45) is 2.65. The summed E-state index contributed by atoms with van der Waals surface area (Å²) < 4.78 is 4.98. The summed E-state index contributed by atoms with van der Waals surface area (Å²) in [5.41, 5.74) is 0.603. The summed E-state index contributed by atoms with van der Waals surface area (Å²) in [7, 11) is 1.61. The fourth-order valence-electron chi connectivity index (χ4n) is 1.52. The van der Waals surface area contributed by atoms with Crippen molar-refractivity contribution in [1.82, 2.24) is 10.3 Å². The number of nitrogens with zero attached hydrogens (tertiary/aromatic N) is 1. The average molecular weight is 251 g/mol. The number of amides is 1. The SMILES string of the molecule is CCCNc1cc(C(=O)NC(C)COC)ccn1. The molecule has 2 N–H and O–H groups in total. The molecule has 0 aliphatic rings. The van der Waals surface area contributed by atoms with Crippen molar-refractivity contribution >= 4 is 11.7 Å². The number of nitrogens with one attached hydrogen (secondary N) is 2. The normalized spacial score (nSPS) is 11.9. The quantitative estimate of drug-likeness (QED) is 0.773. The highest BCUT2D eigenvalue weighted by molar-refractivity contribution is 5.94. The first-order chi connectivity index (χ1) is 8.67. The first kappa shape index (κ1) is 14.4. The third-order valence-electron chi connectivity index (χ3n) is 2.37. The summed E-state index contributed by atoms with van der Waals surface area (Å²) in [6.45, 7) is 5.32. The van der Waals surface area contributed by atoms with E-state index < -0.39 is 0 Å². The number of hydrogen-bond acceptors (Lipinski definition) is 4. The predicted octanol–water partition coefficient (Wildman–Crippen LogP) is 1.67. The number of ether oxygens (including phenoxy) is 1. The molecule has 0 fully saturated rings. The largest absolute Gasteiger partial charge is 0.383 e. The molecule has 1 aromatic rings. The number of rotatable bonds is 7. The smallest absolute Gasteiger partial charge is 0.251 e. The Morgan fingerprint density at radius 1 is 1.56 bits per heavy atom. The molecule has 0 radical (unpaired) electrons. The number of anilines is 1. The molecule has 1 heterocycles. The van der Waals surface area contributed by atoms with E-state index in [4.69, 9.17) is 4.74 Å². The molecule has 18 heavy (non-hydrogen) atoms. The second kappa shape index (κ2) is 7.66. The van der Waals surface area contributed by atoms with E-state index in [1.165, 1.54) is 0 Å². The summed E-state index contributed by atoms with van der Waals surface area (Å²) in [5.74, 6) is 0.616. The van der Waals surface area contributed by atoms with Gasteiger partial charge in [0.2, 0.25) is 0 Å². The molecule has 1 unspecified atom stereocenters. The van der Waals surface area contributed by atoms with Gasteiger partial charge in [0.1, 0.15) is 5.82 Å². The Hall–Kier alpha value is -1.62. The molecule has 5 heteroatoms. The number of aromatic nitrogens is 1. The Kier molecular flexibility index (Phi) is 6.14. The van der Waals surface area contributed by atoms with E-state index in [0.717, 1.165) is 18.8 Å². The van der Waals surface area contributed by atoms with Crippen LogP contribution in [0.4, 0.5) is 5.82 Å². The van der Waals surface area contributed by atoms with Crippen molar-refractivity contribution < 1.29 is 9.53 Å². The lowest BCUT2D eigenvalue weighted by Gasteiger charge is -2.13. The molecular weight excluding hydrogens is 230 g/mol. The van der Waals surface area contributed by atoms with Crippen LogP contribution in [0.1, 0.15) is 30.6 Å². The third kappa shape index (κ3) is 4.71. The van der Waals surface area contributed by atoms with Gasteiger partial charge < -0.3 is 15.4 Å². The number of pyridine rings is 1. The molecule has 0 spiro atoms. The fourth-order valence-corrected chi connectivity index (χ4v) is 1.52. The van der Waals surface area contributed by atoms with Crippen molar-refractivity contribution in [2.24, 2.45) is 0 Å². The van der Waals surface area contributed by atoms with Gasteiger partial charge in [-0.25, -0.2) is 4.98 Å². The molecule has 0 aliphatic carbocycles. The molecule has 100 valence electrons. The maximum Gasteiger partial charge on any atom is 0.251 e. The predicted molar refractivity (Wildman–Crippen MR) is 71.8 cm³/mol. The molecule has 5 nitrogen and oxygen atoms in total. The van der Waals surface area contributed by atoms with Crippen LogP contribution in [0.2, 0.25) is 0 Å². The van der Waals surface area contributed by atoms with Crippen molar-refractivity contribution in [1.29, 1.82) is 0 Å². The van der Waals surface area contributed by atoms with Crippen LogP contribution < -0.4 is 10.6 Å². The minimum Gasteiger partial charge on any atom is -0.383 e. The van der Waals surface area contributed by atoms with Crippen LogP contribution in [0.15, 0.2) is 18.3 Å². The fraction of sp³-hybridized carbons (Fsp3) is 0.538. The molecule has 0 saturated carbocycles. The van der Waals surface area contributed by atoms with E-state index in [1.54, 1.807) is 25.4 Å². The van der Waals surface area contributed by atoms with Gasteiger partial charge in [-0.2, -0.15) is 0 Å². The average Bonchev–Trinajstić information content (AvgIpc) is 2.37. The van der Waals surface area contributed by atoms with Crippen molar-refractivity contribution in [3.8, 4) is 0 Å². The van der Waals surface area contributed by atoms with Crippen LogP contribution in [-0.4, -0.2) is 37.2 Å². The minimum atomic E-state index is -0.110. The Balaban J connectivity index is 2.62. The zero-order valence-corrected chi connectivity index (χ0v) is 11.2. The van der Waals surface area contributed by atoms with Crippen LogP contribution in [0.5, 0.6) is 0 Å². The van der Waals surface area contributed by atoms with Crippen LogP contribution in [0.25, 0.3) is 0 Å². The van der Waals surface area contributed by atoms with Crippen LogP contribution >= 0.6 is 0 Å². The van der Waals surface area contributed by atoms with E-state index in [-0.39, 0.29) is 11.9 Å². The number of carbonyl (C=O) groups excluding carboxylic acids is 1. The van der Waals surface area contributed by atoms with Gasteiger partial charge in [0.05, 0.1) is 6.61 Å². The standard InChI is InChI=1S/C13H21N3O2/c1-4-6-14-12-8-11(5-7-15-12)13(17)16-10(2)9-18-3/h5,7-8,10H,4,6,9H2,1-3H3,(H,14,15)(H,16,17). The maximum absolute atomic E-state index is 11.9. The molecule has 1 rings (SSSR count). The lowest BCUT2D eigenvalue weighted by atomic mass is 10.2. The van der Waals surface area contributed by atoms with Gasteiger partial charge in [-0.1, -0.05) is 6.92 Å². The van der Waals surface area contributed by atoms with Gasteiger partial charge in [0.15, 0.2) is 0 Å². The number of hydrogen-bond donors (Lipinski definition) is 2. The summed E-state index contributed by atoms with van der Waals surface area (Å²) in [6, 6.07) is 3.44. The number of methoxy groups -OCH3 is 1. The number of carbonyl (C=O) groups is 1. The molecule has 0 saturated heterocycles. The summed E-state index contributed by atoms with van der Waals surface area (Å²) >= 11 is 0. The lowest BCUT2D eigenvalue weighted by Crippen LogP contribution is -2.35. The van der Waals surface area contributed by atoms with Gasteiger partial charge in [-0.05, 0) is 25.5 Å². The van der Waals surface area contributed by atoms with Crippen LogP contribution in [-0.2, 0) is 4.74 Å². The Bertz CT molecular complexity index is 382. The molecule has 0 aliphatic heterocycles. The monoisotopic (exact) mass is 251 g/mol. The zero-order chi connectivity index (χ0) is 13.4. The Labute approximate surface area is 108 Å². The zero-order valence-electron chi connectivity index (χ0n) is 11.2. The molecule has 1 aromatic heterocycles. The minimum absolute atomic E-state index is 0.0114. The topological polar surface area (TPSA) is 63.2 Å². The second-order valence-electron chi connectivity index (χ2n) is 4.19. The van der Waals surface area contributed by atoms with E-state index in [1.807, 2.05) is 6.92 Å². The highest BCUT2D eigenvalue weighted by atomic mass is 16.5. The summed E-state index contributed by atoms with van der Waals surface area (Å²) in [5, 5.41) is 6.01. The third-order valence-corrected chi connectivity index (χ3v) is 2.37. The second-order valence-corrected chi connectivity index (χ2v) is 4.19. The van der Waals surface area contributed by atoms with Crippen molar-refractivity contribution in [2.75, 3.05) is 25.6 Å². The Morgan fingerprint density at radius 3 is 3.00 bits per heavy atom.